The molecule has 1 aromatic rings. The van der Waals surface area contributed by atoms with Gasteiger partial charge in [-0.05, 0) is 12.5 Å². The number of hydrogen-bond donors (Lipinski definition) is 0. The van der Waals surface area contributed by atoms with Gasteiger partial charge < -0.3 is 4.52 Å². The Labute approximate surface area is 115 Å². The number of rotatable bonds is 6. The molecular weight excluding hydrogens is 285 g/mol. The maximum absolute atomic E-state index is 12.7. The minimum atomic E-state index is -3.47. The van der Waals surface area contributed by atoms with Gasteiger partial charge in [0.05, 0.1) is 12.9 Å². The van der Waals surface area contributed by atoms with Crippen molar-refractivity contribution in [3.63, 3.8) is 0 Å². The molecule has 0 aliphatic heterocycles. The number of nitrogens with zero attached hydrogens (tertiary/aromatic N) is 1. The molecular formula is C12H20NO4PS. The van der Waals surface area contributed by atoms with Crippen LogP contribution in [0.4, 0.5) is 0 Å². The highest BCUT2D eigenvalue weighted by molar-refractivity contribution is 7.88. The molecule has 0 N–H and O–H groups in total. The van der Waals surface area contributed by atoms with Crippen LogP contribution in [0.2, 0.25) is 0 Å². The number of hydrogen-bond acceptors (Lipinski definition) is 4. The molecule has 1 aromatic carbocycles. The van der Waals surface area contributed by atoms with E-state index in [0.717, 1.165) is 10.6 Å². The maximum atomic E-state index is 12.7. The molecule has 1 rings (SSSR count). The van der Waals surface area contributed by atoms with Crippen LogP contribution in [0.1, 0.15) is 18.3 Å². The molecule has 0 saturated carbocycles. The minimum Gasteiger partial charge on any atom is -0.328 e. The van der Waals surface area contributed by atoms with Crippen molar-refractivity contribution < 1.29 is 17.5 Å². The van der Waals surface area contributed by atoms with Gasteiger partial charge in [-0.25, -0.2) is 8.42 Å². The normalized spacial score (nSPS) is 17.1. The van der Waals surface area contributed by atoms with E-state index < -0.39 is 23.2 Å². The van der Waals surface area contributed by atoms with Gasteiger partial charge in [-0.3, -0.25) is 4.57 Å². The molecule has 19 heavy (non-hydrogen) atoms. The fraction of sp³-hybridized carbons (Fsp3) is 0.500. The highest BCUT2D eigenvalue weighted by Gasteiger charge is 2.37. The highest BCUT2D eigenvalue weighted by Crippen LogP contribution is 2.58. The lowest BCUT2D eigenvalue weighted by Crippen LogP contribution is -2.30. The second-order valence-electron chi connectivity index (χ2n) is 4.39. The topological polar surface area (TPSA) is 63.7 Å². The molecule has 2 atom stereocenters. The lowest BCUT2D eigenvalue weighted by atomic mass is 10.2. The summed E-state index contributed by atoms with van der Waals surface area (Å²) in [6.45, 7) is 3.48. The molecule has 0 unspecified atom stereocenters. The molecule has 0 spiro atoms. The Morgan fingerprint density at radius 2 is 1.84 bits per heavy atom. The Morgan fingerprint density at radius 1 is 1.32 bits per heavy atom. The van der Waals surface area contributed by atoms with E-state index >= 15 is 0 Å². The Kier molecular flexibility index (Phi) is 5.33. The average molecular weight is 305 g/mol. The molecule has 0 heterocycles. The van der Waals surface area contributed by atoms with Crippen molar-refractivity contribution in [2.24, 2.45) is 0 Å². The van der Waals surface area contributed by atoms with Gasteiger partial charge in [0.2, 0.25) is 17.4 Å². The van der Waals surface area contributed by atoms with Gasteiger partial charge in [-0.2, -0.15) is 4.31 Å². The third-order valence-corrected chi connectivity index (χ3v) is 6.51. The van der Waals surface area contributed by atoms with Gasteiger partial charge in [0, 0.05) is 13.7 Å². The van der Waals surface area contributed by atoms with E-state index in [1.54, 1.807) is 31.2 Å². The zero-order chi connectivity index (χ0) is 14.7. The fourth-order valence-electron chi connectivity index (χ4n) is 1.91. The summed E-state index contributed by atoms with van der Waals surface area (Å²) < 4.78 is 42.6. The van der Waals surface area contributed by atoms with E-state index in [9.17, 15) is 13.0 Å². The fourth-order valence-corrected chi connectivity index (χ4v) is 5.38. The predicted molar refractivity (Wildman–Crippen MR) is 76.9 cm³/mol. The van der Waals surface area contributed by atoms with E-state index in [0.29, 0.717) is 5.56 Å². The second-order valence-corrected chi connectivity index (χ2v) is 9.00. The van der Waals surface area contributed by atoms with Crippen LogP contribution in [0.5, 0.6) is 0 Å². The van der Waals surface area contributed by atoms with E-state index in [-0.39, 0.29) is 6.61 Å². The summed E-state index contributed by atoms with van der Waals surface area (Å²) in [4.78, 5) is 0. The van der Waals surface area contributed by atoms with Crippen LogP contribution in [0.25, 0.3) is 0 Å². The van der Waals surface area contributed by atoms with Crippen molar-refractivity contribution in [3.05, 3.63) is 35.9 Å². The van der Waals surface area contributed by atoms with Crippen molar-refractivity contribution in [2.75, 3.05) is 26.6 Å². The van der Waals surface area contributed by atoms with Crippen LogP contribution in [0.3, 0.4) is 0 Å². The van der Waals surface area contributed by atoms with Crippen LogP contribution < -0.4 is 0 Å². The first kappa shape index (κ1) is 16.4. The number of sulfonamides is 1. The number of benzene rings is 1. The Morgan fingerprint density at radius 3 is 2.26 bits per heavy atom. The summed E-state index contributed by atoms with van der Waals surface area (Å²) in [5.74, 6) is -0.802. The van der Waals surface area contributed by atoms with Gasteiger partial charge in [0.25, 0.3) is 0 Å². The van der Waals surface area contributed by atoms with Crippen LogP contribution in [-0.2, 0) is 19.1 Å². The van der Waals surface area contributed by atoms with Crippen LogP contribution in [0, 0.1) is 0 Å². The molecule has 0 bridgehead atoms. The summed E-state index contributed by atoms with van der Waals surface area (Å²) in [6, 6.07) is 8.89. The first-order valence-corrected chi connectivity index (χ1v) is 9.88. The van der Waals surface area contributed by atoms with Gasteiger partial charge in [0.15, 0.2) is 0 Å². The zero-order valence-corrected chi connectivity index (χ0v) is 13.3. The molecule has 0 saturated heterocycles. The SMILES string of the molecule is CCO[P@](C)(=O)[C@H](c1ccccc1)N(C)S(C)(=O)=O. The quantitative estimate of drug-likeness (QED) is 0.758. The van der Waals surface area contributed by atoms with E-state index in [2.05, 4.69) is 0 Å². The largest absolute Gasteiger partial charge is 0.328 e. The van der Waals surface area contributed by atoms with Crippen LogP contribution >= 0.6 is 7.37 Å². The third-order valence-electron chi connectivity index (χ3n) is 2.79. The van der Waals surface area contributed by atoms with Crippen molar-refractivity contribution in [1.29, 1.82) is 0 Å². The minimum absolute atomic E-state index is 0.273. The monoisotopic (exact) mass is 305 g/mol. The predicted octanol–water partition coefficient (Wildman–Crippen LogP) is 2.52. The summed E-state index contributed by atoms with van der Waals surface area (Å²) in [5, 5.41) is 0. The Balaban J connectivity index is 3.31. The molecule has 0 amide bonds. The molecule has 0 radical (unpaired) electrons. The van der Waals surface area contributed by atoms with Gasteiger partial charge in [-0.1, -0.05) is 30.3 Å². The lowest BCUT2D eigenvalue weighted by molar-refractivity contribution is 0.308. The summed E-state index contributed by atoms with van der Waals surface area (Å²) in [5.41, 5.74) is 0.662. The zero-order valence-electron chi connectivity index (χ0n) is 11.6. The molecule has 0 aliphatic carbocycles. The molecule has 0 fully saturated rings. The standard InChI is InChI=1S/C12H20NO4PS/c1-5-17-18(3,14)12(13(2)19(4,15)16)11-9-7-6-8-10-11/h6-10,12H,5H2,1-4H3/t12-,18+/m1/s1. The second kappa shape index (κ2) is 6.18. The Bertz CT molecular complexity index is 558. The molecule has 5 nitrogen and oxygen atoms in total. The van der Waals surface area contributed by atoms with Crippen molar-refractivity contribution in [3.8, 4) is 0 Å². The van der Waals surface area contributed by atoms with E-state index in [1.165, 1.54) is 13.7 Å². The first-order valence-electron chi connectivity index (χ1n) is 5.90. The van der Waals surface area contributed by atoms with Gasteiger partial charge >= 0.3 is 0 Å². The van der Waals surface area contributed by atoms with Crippen molar-refractivity contribution in [2.45, 2.75) is 12.7 Å². The van der Waals surface area contributed by atoms with E-state index in [1.807, 2.05) is 6.07 Å². The third kappa shape index (κ3) is 4.14. The van der Waals surface area contributed by atoms with Gasteiger partial charge in [0.1, 0.15) is 5.78 Å². The maximum Gasteiger partial charge on any atom is 0.222 e. The van der Waals surface area contributed by atoms with Crippen molar-refractivity contribution >= 4 is 17.4 Å². The smallest absolute Gasteiger partial charge is 0.222 e. The molecule has 108 valence electrons. The van der Waals surface area contributed by atoms with Crippen LogP contribution in [-0.4, -0.2) is 39.3 Å². The molecule has 7 heteroatoms. The van der Waals surface area contributed by atoms with Crippen LogP contribution in [0.15, 0.2) is 30.3 Å². The first-order chi connectivity index (χ1) is 8.70. The summed E-state index contributed by atoms with van der Waals surface area (Å²) >= 11 is 0. The van der Waals surface area contributed by atoms with Gasteiger partial charge in [-0.15, -0.1) is 0 Å². The molecule has 0 aromatic heterocycles. The Hall–Kier alpha value is -0.680. The average Bonchev–Trinajstić information content (AvgIpc) is 2.28. The molecule has 0 aliphatic rings. The highest BCUT2D eigenvalue weighted by atomic mass is 32.2. The lowest BCUT2D eigenvalue weighted by Gasteiger charge is -2.31. The van der Waals surface area contributed by atoms with E-state index in [4.69, 9.17) is 4.52 Å². The van der Waals surface area contributed by atoms with Crippen molar-refractivity contribution in [1.82, 2.24) is 4.31 Å². The summed E-state index contributed by atoms with van der Waals surface area (Å²) in [6.07, 6.45) is 1.09. The summed E-state index contributed by atoms with van der Waals surface area (Å²) in [7, 11) is -5.18.